The minimum atomic E-state index is -0.476. The molecule has 0 saturated heterocycles. The van der Waals surface area contributed by atoms with Crippen LogP contribution in [0.15, 0.2) is 50.8 Å². The second-order valence-electron chi connectivity index (χ2n) is 5.56. The summed E-state index contributed by atoms with van der Waals surface area (Å²) in [4.78, 5) is 1.05. The summed E-state index contributed by atoms with van der Waals surface area (Å²) in [6, 6.07) is 11.4. The highest BCUT2D eigenvalue weighted by molar-refractivity contribution is 7.99. The van der Waals surface area contributed by atoms with E-state index < -0.39 is 5.54 Å². The smallest absolute Gasteiger partial charge is 0.218 e. The van der Waals surface area contributed by atoms with Crippen LogP contribution in [-0.4, -0.2) is 23.6 Å². The van der Waals surface area contributed by atoms with Gasteiger partial charge in [0.05, 0.1) is 7.11 Å². The topological polar surface area (TPSA) is 48.4 Å². The van der Waals surface area contributed by atoms with E-state index in [9.17, 15) is 5.21 Å². The summed E-state index contributed by atoms with van der Waals surface area (Å²) in [6.45, 7) is 5.56. The fourth-order valence-corrected chi connectivity index (χ4v) is 2.31. The third-order valence-corrected chi connectivity index (χ3v) is 3.71. The van der Waals surface area contributed by atoms with Gasteiger partial charge in [0.25, 0.3) is 0 Å². The number of methoxy groups -OCH3 is 1. The Labute approximate surface area is 129 Å². The standard InChI is InChI=1S/C16H19NO3S/c1-16(2,3)17(18)11-13-7-10-15(20-13)21-14-8-5-12(19-4)6-9-14/h5-11H,1-4H3/b17-11-. The molecule has 1 aromatic heterocycles. The molecule has 4 nitrogen and oxygen atoms in total. The van der Waals surface area contributed by atoms with Crippen LogP contribution in [0, 0.1) is 5.21 Å². The van der Waals surface area contributed by atoms with Gasteiger partial charge in [-0.25, -0.2) is 4.74 Å². The predicted molar refractivity (Wildman–Crippen MR) is 84.4 cm³/mol. The van der Waals surface area contributed by atoms with Crippen molar-refractivity contribution < 1.29 is 13.9 Å². The Morgan fingerprint density at radius 1 is 1.14 bits per heavy atom. The van der Waals surface area contributed by atoms with Gasteiger partial charge in [-0.15, -0.1) is 0 Å². The third-order valence-electron chi connectivity index (χ3n) is 2.79. The maximum absolute atomic E-state index is 11.9. The summed E-state index contributed by atoms with van der Waals surface area (Å²) in [5.41, 5.74) is -0.476. The molecule has 0 atom stereocenters. The number of nitrogens with zero attached hydrogens (tertiary/aromatic N) is 1. The van der Waals surface area contributed by atoms with Crippen molar-refractivity contribution in [3.8, 4) is 5.75 Å². The Bertz CT molecular complexity index is 624. The van der Waals surface area contributed by atoms with E-state index in [0.29, 0.717) is 5.76 Å². The molecule has 2 aromatic rings. The van der Waals surface area contributed by atoms with E-state index in [4.69, 9.17) is 9.15 Å². The van der Waals surface area contributed by atoms with E-state index in [1.165, 1.54) is 18.0 Å². The molecule has 0 aliphatic heterocycles. The second-order valence-corrected chi connectivity index (χ2v) is 6.64. The normalized spacial score (nSPS) is 12.5. The molecule has 0 amide bonds. The summed E-state index contributed by atoms with van der Waals surface area (Å²) in [5.74, 6) is 1.37. The highest BCUT2D eigenvalue weighted by atomic mass is 32.2. The van der Waals surface area contributed by atoms with Gasteiger partial charge in [-0.05, 0) is 36.4 Å². The molecule has 0 spiro atoms. The van der Waals surface area contributed by atoms with Crippen molar-refractivity contribution in [3.63, 3.8) is 0 Å². The molecule has 0 fully saturated rings. The zero-order chi connectivity index (χ0) is 15.5. The number of furan rings is 1. The molecule has 112 valence electrons. The molecule has 1 aromatic carbocycles. The van der Waals surface area contributed by atoms with Crippen molar-refractivity contribution in [3.05, 3.63) is 47.4 Å². The van der Waals surface area contributed by atoms with Crippen LogP contribution in [0.2, 0.25) is 0 Å². The van der Waals surface area contributed by atoms with Gasteiger partial charge in [0.2, 0.25) is 6.21 Å². The first kappa shape index (κ1) is 15.5. The SMILES string of the molecule is COc1ccc(Sc2ccc(/C=[N+](\[O-])C(C)(C)C)o2)cc1. The van der Waals surface area contributed by atoms with Gasteiger partial charge in [-0.3, -0.25) is 0 Å². The zero-order valence-corrected chi connectivity index (χ0v) is 13.4. The van der Waals surface area contributed by atoms with Gasteiger partial charge in [0.15, 0.2) is 16.4 Å². The molecular formula is C16H19NO3S. The fraction of sp³-hybridized carbons (Fsp3) is 0.312. The number of hydrogen-bond donors (Lipinski definition) is 0. The van der Waals surface area contributed by atoms with Gasteiger partial charge in [0.1, 0.15) is 5.75 Å². The number of rotatable bonds is 4. The summed E-state index contributed by atoms with van der Waals surface area (Å²) in [7, 11) is 1.64. The molecule has 0 bridgehead atoms. The van der Waals surface area contributed by atoms with E-state index >= 15 is 0 Å². The van der Waals surface area contributed by atoms with Crippen LogP contribution in [0.1, 0.15) is 26.5 Å². The number of benzene rings is 1. The molecule has 0 aliphatic rings. The molecule has 1 heterocycles. The van der Waals surface area contributed by atoms with E-state index in [2.05, 4.69) is 0 Å². The Balaban J connectivity index is 2.09. The average molecular weight is 305 g/mol. The maximum atomic E-state index is 11.9. The Morgan fingerprint density at radius 3 is 2.38 bits per heavy atom. The quantitative estimate of drug-likeness (QED) is 0.368. The van der Waals surface area contributed by atoms with Crippen molar-refractivity contribution >= 4 is 18.0 Å². The van der Waals surface area contributed by atoms with Gasteiger partial charge in [-0.1, -0.05) is 11.8 Å². The minimum Gasteiger partial charge on any atom is -0.623 e. The van der Waals surface area contributed by atoms with E-state index in [-0.39, 0.29) is 0 Å². The highest BCUT2D eigenvalue weighted by Gasteiger charge is 2.19. The third kappa shape index (κ3) is 4.29. The minimum absolute atomic E-state index is 0.476. The van der Waals surface area contributed by atoms with Crippen LogP contribution in [0.3, 0.4) is 0 Å². The Kier molecular flexibility index (Phi) is 4.63. The highest BCUT2D eigenvalue weighted by Crippen LogP contribution is 2.30. The summed E-state index contributed by atoms with van der Waals surface area (Å²) in [5, 5.41) is 12.6. The van der Waals surface area contributed by atoms with Crippen LogP contribution in [0.25, 0.3) is 0 Å². The molecular weight excluding hydrogens is 286 g/mol. The van der Waals surface area contributed by atoms with Gasteiger partial charge < -0.3 is 14.4 Å². The predicted octanol–water partition coefficient (Wildman–Crippen LogP) is 4.17. The first-order valence-corrected chi connectivity index (χ1v) is 7.43. The number of hydroxylamine groups is 1. The van der Waals surface area contributed by atoms with Crippen LogP contribution < -0.4 is 4.74 Å². The van der Waals surface area contributed by atoms with E-state index in [1.807, 2.05) is 51.1 Å². The van der Waals surface area contributed by atoms with Gasteiger partial charge in [-0.2, -0.15) is 0 Å². The Morgan fingerprint density at radius 2 is 1.81 bits per heavy atom. The molecule has 0 unspecified atom stereocenters. The van der Waals surface area contributed by atoms with Crippen molar-refractivity contribution in [1.82, 2.24) is 0 Å². The second kappa shape index (κ2) is 6.26. The lowest BCUT2D eigenvalue weighted by Gasteiger charge is -2.17. The Hall–Kier alpha value is -1.88. The molecule has 2 rings (SSSR count). The number of hydrogen-bond acceptors (Lipinski definition) is 4. The lowest BCUT2D eigenvalue weighted by atomic mass is 10.1. The zero-order valence-electron chi connectivity index (χ0n) is 12.6. The average Bonchev–Trinajstić information content (AvgIpc) is 2.86. The molecule has 0 aliphatic carbocycles. The fourth-order valence-electron chi connectivity index (χ4n) is 1.53. The van der Waals surface area contributed by atoms with E-state index in [0.717, 1.165) is 20.5 Å². The van der Waals surface area contributed by atoms with Gasteiger partial charge >= 0.3 is 0 Å². The first-order valence-electron chi connectivity index (χ1n) is 6.61. The van der Waals surface area contributed by atoms with E-state index in [1.54, 1.807) is 13.2 Å². The monoisotopic (exact) mass is 305 g/mol. The van der Waals surface area contributed by atoms with Gasteiger partial charge in [0, 0.05) is 25.7 Å². The summed E-state index contributed by atoms with van der Waals surface area (Å²) < 4.78 is 11.7. The molecule has 5 heteroatoms. The van der Waals surface area contributed by atoms with Crippen molar-refractivity contribution in [2.24, 2.45) is 0 Å². The van der Waals surface area contributed by atoms with Crippen molar-refractivity contribution in [2.75, 3.05) is 7.11 Å². The lowest BCUT2D eigenvalue weighted by molar-refractivity contribution is -0.530. The van der Waals surface area contributed by atoms with Crippen LogP contribution in [-0.2, 0) is 0 Å². The molecule has 0 N–H and O–H groups in total. The molecule has 0 radical (unpaired) electrons. The van der Waals surface area contributed by atoms with Crippen molar-refractivity contribution in [1.29, 1.82) is 0 Å². The maximum Gasteiger partial charge on any atom is 0.218 e. The van der Waals surface area contributed by atoms with Crippen LogP contribution >= 0.6 is 11.8 Å². The lowest BCUT2D eigenvalue weighted by Crippen LogP contribution is -2.29. The number of ether oxygens (including phenoxy) is 1. The molecule has 21 heavy (non-hydrogen) atoms. The summed E-state index contributed by atoms with van der Waals surface area (Å²) >= 11 is 1.50. The van der Waals surface area contributed by atoms with Crippen LogP contribution in [0.4, 0.5) is 0 Å². The molecule has 0 saturated carbocycles. The van der Waals surface area contributed by atoms with Crippen molar-refractivity contribution in [2.45, 2.75) is 36.3 Å². The summed E-state index contributed by atoms with van der Waals surface area (Å²) in [6.07, 6.45) is 1.47. The largest absolute Gasteiger partial charge is 0.623 e. The first-order chi connectivity index (χ1) is 9.88. The van der Waals surface area contributed by atoms with Crippen LogP contribution in [0.5, 0.6) is 5.75 Å².